The van der Waals surface area contributed by atoms with Crippen LogP contribution in [0.2, 0.25) is 0 Å². The van der Waals surface area contributed by atoms with E-state index >= 15 is 0 Å². The van der Waals surface area contributed by atoms with E-state index in [1.807, 2.05) is 6.20 Å². The van der Waals surface area contributed by atoms with Crippen molar-refractivity contribution in [3.05, 3.63) is 52.6 Å². The van der Waals surface area contributed by atoms with Crippen molar-refractivity contribution in [1.82, 2.24) is 4.98 Å². The molecule has 0 aliphatic carbocycles. The Morgan fingerprint density at radius 1 is 1.10 bits per heavy atom. The molecule has 1 aromatic heterocycles. The van der Waals surface area contributed by atoms with E-state index in [-0.39, 0.29) is 0 Å². The second-order valence-electron chi connectivity index (χ2n) is 5.37. The molecule has 4 heteroatoms. The fraction of sp³-hybridized carbons (Fsp3) is 0.353. The summed E-state index contributed by atoms with van der Waals surface area (Å²) in [5, 5.41) is 0. The quantitative estimate of drug-likeness (QED) is 0.831. The molecule has 2 aromatic rings. The zero-order chi connectivity index (χ0) is 14.7. The topological polar surface area (TPSA) is 25.4 Å². The van der Waals surface area contributed by atoms with Gasteiger partial charge in [-0.05, 0) is 64.5 Å². The molecule has 0 N–H and O–H groups in total. The van der Waals surface area contributed by atoms with Crippen LogP contribution < -0.4 is 9.64 Å². The predicted octanol–water partition coefficient (Wildman–Crippen LogP) is 4.24. The van der Waals surface area contributed by atoms with Crippen molar-refractivity contribution in [2.75, 3.05) is 25.1 Å². The van der Waals surface area contributed by atoms with Gasteiger partial charge in [0.1, 0.15) is 11.6 Å². The van der Waals surface area contributed by atoms with E-state index in [1.54, 1.807) is 7.11 Å². The minimum atomic E-state index is 0.641. The van der Waals surface area contributed by atoms with Crippen LogP contribution in [0.4, 0.5) is 5.82 Å². The fourth-order valence-corrected chi connectivity index (χ4v) is 3.11. The molecule has 0 unspecified atom stereocenters. The molecule has 21 heavy (non-hydrogen) atoms. The molecule has 0 spiro atoms. The number of nitrogens with zero attached hydrogens (tertiary/aromatic N) is 2. The largest absolute Gasteiger partial charge is 0.497 e. The van der Waals surface area contributed by atoms with Crippen LogP contribution in [0, 0.1) is 0 Å². The van der Waals surface area contributed by atoms with Crippen LogP contribution >= 0.6 is 15.9 Å². The SMILES string of the molecule is COc1ccc(C2CCN(c3ccc(Br)cn3)CC2)cc1. The molecule has 0 atom stereocenters. The number of anilines is 1. The van der Waals surface area contributed by atoms with Crippen molar-refractivity contribution in [3.63, 3.8) is 0 Å². The molecule has 110 valence electrons. The third-order valence-corrected chi connectivity index (χ3v) is 4.59. The summed E-state index contributed by atoms with van der Waals surface area (Å²) in [5.41, 5.74) is 1.42. The molecule has 0 saturated carbocycles. The number of rotatable bonds is 3. The summed E-state index contributed by atoms with van der Waals surface area (Å²) in [4.78, 5) is 6.85. The molecule has 1 saturated heterocycles. The van der Waals surface area contributed by atoms with Crippen molar-refractivity contribution in [2.45, 2.75) is 18.8 Å². The summed E-state index contributed by atoms with van der Waals surface area (Å²) in [6.45, 7) is 2.12. The Hall–Kier alpha value is -1.55. The Balaban J connectivity index is 1.62. The number of halogens is 1. The second kappa shape index (κ2) is 6.48. The molecular weight excluding hydrogens is 328 g/mol. The average Bonchev–Trinajstić information content (AvgIpc) is 2.56. The average molecular weight is 347 g/mol. The van der Waals surface area contributed by atoms with Gasteiger partial charge in [-0.2, -0.15) is 0 Å². The van der Waals surface area contributed by atoms with Crippen LogP contribution in [0.25, 0.3) is 0 Å². The monoisotopic (exact) mass is 346 g/mol. The lowest BCUT2D eigenvalue weighted by Crippen LogP contribution is -2.33. The van der Waals surface area contributed by atoms with Gasteiger partial charge in [0.05, 0.1) is 7.11 Å². The zero-order valence-electron chi connectivity index (χ0n) is 12.1. The van der Waals surface area contributed by atoms with Gasteiger partial charge in [-0.3, -0.25) is 0 Å². The lowest BCUT2D eigenvalue weighted by atomic mass is 9.89. The van der Waals surface area contributed by atoms with Crippen LogP contribution in [-0.4, -0.2) is 25.2 Å². The van der Waals surface area contributed by atoms with E-state index in [2.05, 4.69) is 62.2 Å². The van der Waals surface area contributed by atoms with E-state index in [1.165, 1.54) is 18.4 Å². The van der Waals surface area contributed by atoms with Gasteiger partial charge in [0.25, 0.3) is 0 Å². The van der Waals surface area contributed by atoms with E-state index in [0.29, 0.717) is 5.92 Å². The minimum absolute atomic E-state index is 0.641. The Labute approximate surface area is 134 Å². The molecule has 3 nitrogen and oxygen atoms in total. The molecule has 1 aliphatic heterocycles. The zero-order valence-corrected chi connectivity index (χ0v) is 13.7. The number of pyridine rings is 1. The first-order valence-corrected chi connectivity index (χ1v) is 8.06. The van der Waals surface area contributed by atoms with Crippen molar-refractivity contribution in [2.24, 2.45) is 0 Å². The van der Waals surface area contributed by atoms with Gasteiger partial charge in [-0.25, -0.2) is 4.98 Å². The van der Waals surface area contributed by atoms with Gasteiger partial charge in [-0.15, -0.1) is 0 Å². The lowest BCUT2D eigenvalue weighted by molar-refractivity contribution is 0.414. The molecule has 1 aliphatic rings. The lowest BCUT2D eigenvalue weighted by Gasteiger charge is -2.33. The molecule has 1 aromatic carbocycles. The van der Waals surface area contributed by atoms with Crippen molar-refractivity contribution in [3.8, 4) is 5.75 Å². The Morgan fingerprint density at radius 3 is 2.38 bits per heavy atom. The molecule has 2 heterocycles. The highest BCUT2D eigenvalue weighted by atomic mass is 79.9. The van der Waals surface area contributed by atoms with Crippen LogP contribution in [0.3, 0.4) is 0 Å². The summed E-state index contributed by atoms with van der Waals surface area (Å²) in [6.07, 6.45) is 4.21. The molecule has 0 radical (unpaired) electrons. The molecule has 1 fully saturated rings. The standard InChI is InChI=1S/C17H19BrN2O/c1-21-16-5-2-13(3-6-16)14-8-10-20(11-9-14)17-7-4-15(18)12-19-17/h2-7,12,14H,8-11H2,1H3. The number of methoxy groups -OCH3 is 1. The smallest absolute Gasteiger partial charge is 0.128 e. The number of hydrogen-bond donors (Lipinski definition) is 0. The predicted molar refractivity (Wildman–Crippen MR) is 89.1 cm³/mol. The third-order valence-electron chi connectivity index (χ3n) is 4.12. The summed E-state index contributed by atoms with van der Waals surface area (Å²) < 4.78 is 6.25. The molecular formula is C17H19BrN2O. The van der Waals surface area contributed by atoms with E-state index in [0.717, 1.165) is 29.1 Å². The van der Waals surface area contributed by atoms with Gasteiger partial charge in [0.15, 0.2) is 0 Å². The Kier molecular flexibility index (Phi) is 4.44. The summed E-state index contributed by atoms with van der Waals surface area (Å²) in [6, 6.07) is 12.6. The number of piperidine rings is 1. The van der Waals surface area contributed by atoms with Gasteiger partial charge in [0.2, 0.25) is 0 Å². The maximum absolute atomic E-state index is 5.22. The van der Waals surface area contributed by atoms with Crippen molar-refractivity contribution in [1.29, 1.82) is 0 Å². The number of benzene rings is 1. The Bertz CT molecular complexity index is 575. The molecule has 3 rings (SSSR count). The van der Waals surface area contributed by atoms with Crippen LogP contribution in [0.15, 0.2) is 47.1 Å². The fourth-order valence-electron chi connectivity index (χ4n) is 2.87. The highest BCUT2D eigenvalue weighted by Crippen LogP contribution is 2.30. The van der Waals surface area contributed by atoms with Crippen molar-refractivity contribution >= 4 is 21.7 Å². The third kappa shape index (κ3) is 3.38. The number of aromatic nitrogens is 1. The highest BCUT2D eigenvalue weighted by Gasteiger charge is 2.21. The second-order valence-corrected chi connectivity index (χ2v) is 6.28. The van der Waals surface area contributed by atoms with E-state index < -0.39 is 0 Å². The van der Waals surface area contributed by atoms with Gasteiger partial charge < -0.3 is 9.64 Å². The summed E-state index contributed by atoms with van der Waals surface area (Å²) in [7, 11) is 1.71. The Morgan fingerprint density at radius 2 is 1.81 bits per heavy atom. The minimum Gasteiger partial charge on any atom is -0.497 e. The number of hydrogen-bond acceptors (Lipinski definition) is 3. The van der Waals surface area contributed by atoms with Gasteiger partial charge >= 0.3 is 0 Å². The maximum Gasteiger partial charge on any atom is 0.128 e. The maximum atomic E-state index is 5.22. The summed E-state index contributed by atoms with van der Waals surface area (Å²) in [5.74, 6) is 2.64. The number of ether oxygens (including phenoxy) is 1. The first kappa shape index (κ1) is 14.4. The first-order valence-electron chi connectivity index (χ1n) is 7.27. The van der Waals surface area contributed by atoms with Crippen LogP contribution in [-0.2, 0) is 0 Å². The van der Waals surface area contributed by atoms with Gasteiger partial charge in [0, 0.05) is 23.8 Å². The van der Waals surface area contributed by atoms with Crippen molar-refractivity contribution < 1.29 is 4.74 Å². The normalized spacial score (nSPS) is 16.0. The van der Waals surface area contributed by atoms with Gasteiger partial charge in [-0.1, -0.05) is 12.1 Å². The molecule has 0 amide bonds. The van der Waals surface area contributed by atoms with E-state index in [4.69, 9.17) is 4.74 Å². The van der Waals surface area contributed by atoms with E-state index in [9.17, 15) is 0 Å². The van der Waals surface area contributed by atoms with Crippen LogP contribution in [0.5, 0.6) is 5.75 Å². The first-order chi connectivity index (χ1) is 10.3. The summed E-state index contributed by atoms with van der Waals surface area (Å²) >= 11 is 3.43. The molecule has 0 bridgehead atoms. The van der Waals surface area contributed by atoms with Crippen LogP contribution in [0.1, 0.15) is 24.3 Å². The highest BCUT2D eigenvalue weighted by molar-refractivity contribution is 9.10.